The van der Waals surface area contributed by atoms with Gasteiger partial charge in [-0.15, -0.1) is 24.0 Å². The smallest absolute Gasteiger partial charge is 0.308 e. The zero-order valence-electron chi connectivity index (χ0n) is 16.9. The first-order valence-corrected chi connectivity index (χ1v) is 9.76. The summed E-state index contributed by atoms with van der Waals surface area (Å²) in [5.41, 5.74) is 0. The van der Waals surface area contributed by atoms with E-state index < -0.39 is 0 Å². The van der Waals surface area contributed by atoms with E-state index in [4.69, 9.17) is 4.74 Å². The number of ether oxygens (including phenoxy) is 1. The fraction of sp³-hybridized carbons (Fsp3) is 0.895. The monoisotopic (exact) mass is 480 g/mol. The number of nitrogens with zero attached hydrogens (tertiary/aromatic N) is 3. The summed E-state index contributed by atoms with van der Waals surface area (Å²) in [5, 5.41) is 3.59. The first-order valence-electron chi connectivity index (χ1n) is 9.76. The van der Waals surface area contributed by atoms with E-state index in [-0.39, 0.29) is 35.9 Å². The zero-order chi connectivity index (χ0) is 18.2. The van der Waals surface area contributed by atoms with Gasteiger partial charge in [-0.05, 0) is 45.7 Å². The van der Waals surface area contributed by atoms with E-state index in [0.717, 1.165) is 44.4 Å². The molecule has 1 N–H and O–H groups in total. The highest BCUT2D eigenvalue weighted by atomic mass is 127. The molecular formula is C19H37IN4O2. The Kier molecular flexibility index (Phi) is 10.8. The van der Waals surface area contributed by atoms with E-state index >= 15 is 0 Å². The van der Waals surface area contributed by atoms with E-state index in [1.54, 1.807) is 0 Å². The van der Waals surface area contributed by atoms with Crippen molar-refractivity contribution in [2.24, 2.45) is 16.8 Å². The van der Waals surface area contributed by atoms with Gasteiger partial charge in [0.25, 0.3) is 0 Å². The van der Waals surface area contributed by atoms with Crippen LogP contribution in [0.3, 0.4) is 0 Å². The molecule has 1 aliphatic carbocycles. The van der Waals surface area contributed by atoms with Crippen molar-refractivity contribution in [1.82, 2.24) is 15.1 Å². The molecule has 6 nitrogen and oxygen atoms in total. The second-order valence-corrected chi connectivity index (χ2v) is 7.64. The molecule has 2 rings (SSSR count). The highest BCUT2D eigenvalue weighted by Gasteiger charge is 2.29. The molecule has 2 aliphatic rings. The number of carbonyl (C=O) groups is 1. The second-order valence-electron chi connectivity index (χ2n) is 7.64. The highest BCUT2D eigenvalue weighted by Crippen LogP contribution is 2.28. The number of rotatable bonds is 5. The largest absolute Gasteiger partial charge is 0.469 e. The van der Waals surface area contributed by atoms with Gasteiger partial charge in [-0.3, -0.25) is 9.79 Å². The van der Waals surface area contributed by atoms with Crippen molar-refractivity contribution in [3.05, 3.63) is 0 Å². The van der Waals surface area contributed by atoms with Crippen LogP contribution >= 0.6 is 24.0 Å². The van der Waals surface area contributed by atoms with Crippen molar-refractivity contribution in [1.29, 1.82) is 0 Å². The van der Waals surface area contributed by atoms with Gasteiger partial charge in [-0.1, -0.05) is 19.3 Å². The van der Waals surface area contributed by atoms with Crippen molar-refractivity contribution in [3.63, 3.8) is 0 Å². The fourth-order valence-electron chi connectivity index (χ4n) is 4.31. The molecule has 7 heteroatoms. The van der Waals surface area contributed by atoms with Crippen molar-refractivity contribution in [2.45, 2.75) is 51.0 Å². The number of carbonyl (C=O) groups excluding carboxylic acids is 1. The van der Waals surface area contributed by atoms with Gasteiger partial charge in [0.05, 0.1) is 13.0 Å². The number of halogens is 1. The van der Waals surface area contributed by atoms with Gasteiger partial charge >= 0.3 is 5.97 Å². The van der Waals surface area contributed by atoms with Crippen LogP contribution in [-0.4, -0.2) is 75.7 Å². The molecule has 1 unspecified atom stereocenters. The van der Waals surface area contributed by atoms with Crippen LogP contribution in [0.1, 0.15) is 44.9 Å². The molecule has 0 bridgehead atoms. The maximum absolute atomic E-state index is 11.7. The van der Waals surface area contributed by atoms with Crippen LogP contribution in [0.25, 0.3) is 0 Å². The Morgan fingerprint density at radius 3 is 2.31 bits per heavy atom. The lowest BCUT2D eigenvalue weighted by Gasteiger charge is -2.37. The van der Waals surface area contributed by atoms with Crippen molar-refractivity contribution >= 4 is 35.9 Å². The van der Waals surface area contributed by atoms with E-state index in [1.807, 2.05) is 7.05 Å². The van der Waals surface area contributed by atoms with E-state index in [9.17, 15) is 4.79 Å². The lowest BCUT2D eigenvalue weighted by molar-refractivity contribution is -0.146. The number of likely N-dealkylation sites (N-methyl/N-ethyl adjacent to an activating group) is 1. The Hall–Kier alpha value is -0.570. The average molecular weight is 480 g/mol. The van der Waals surface area contributed by atoms with Crippen LogP contribution in [0.15, 0.2) is 4.99 Å². The topological polar surface area (TPSA) is 57.2 Å². The summed E-state index contributed by atoms with van der Waals surface area (Å²) >= 11 is 0. The van der Waals surface area contributed by atoms with E-state index in [1.165, 1.54) is 39.2 Å². The van der Waals surface area contributed by atoms with Crippen LogP contribution in [0, 0.1) is 11.8 Å². The van der Waals surface area contributed by atoms with Crippen LogP contribution in [0.2, 0.25) is 0 Å². The molecule has 0 radical (unpaired) electrons. The Bertz CT molecular complexity index is 445. The zero-order valence-corrected chi connectivity index (χ0v) is 19.2. The molecule has 0 aromatic heterocycles. The minimum Gasteiger partial charge on any atom is -0.469 e. The first kappa shape index (κ1) is 23.5. The Balaban J connectivity index is 0.00000338. The number of hydrogen-bond acceptors (Lipinski definition) is 4. The summed E-state index contributed by atoms with van der Waals surface area (Å²) in [4.78, 5) is 20.8. The van der Waals surface area contributed by atoms with Gasteiger partial charge in [-0.25, -0.2) is 0 Å². The van der Waals surface area contributed by atoms with E-state index in [2.05, 4.69) is 34.2 Å². The summed E-state index contributed by atoms with van der Waals surface area (Å²) in [6.07, 6.45) is 8.48. The molecular weight excluding hydrogens is 443 g/mol. The number of hydrogen-bond donors (Lipinski definition) is 1. The minimum atomic E-state index is -0.0763. The number of esters is 1. The van der Waals surface area contributed by atoms with Crippen LogP contribution in [0.4, 0.5) is 0 Å². The third-order valence-electron chi connectivity index (χ3n) is 5.87. The molecule has 1 saturated heterocycles. The molecule has 0 aromatic rings. The summed E-state index contributed by atoms with van der Waals surface area (Å²) in [6, 6.07) is 0.546. The lowest BCUT2D eigenvalue weighted by Crippen LogP contribution is -2.51. The molecule has 1 saturated carbocycles. The fourth-order valence-corrected chi connectivity index (χ4v) is 4.31. The summed E-state index contributed by atoms with van der Waals surface area (Å²) in [5.74, 6) is 1.70. The number of nitrogens with one attached hydrogen (secondary N) is 1. The SMILES string of the molecule is CN=C(NCC(C1CCCCC1)N(C)C)N1CCC(C(=O)OC)CC1.I. The molecule has 2 fully saturated rings. The average Bonchev–Trinajstić information content (AvgIpc) is 2.65. The van der Waals surface area contributed by atoms with Crippen molar-refractivity contribution in [2.75, 3.05) is 47.9 Å². The van der Waals surface area contributed by atoms with Crippen LogP contribution < -0.4 is 5.32 Å². The quantitative estimate of drug-likeness (QED) is 0.284. The molecule has 26 heavy (non-hydrogen) atoms. The maximum Gasteiger partial charge on any atom is 0.308 e. The molecule has 1 atom stereocenters. The normalized spacial score (nSPS) is 21.3. The van der Waals surface area contributed by atoms with Crippen LogP contribution in [0.5, 0.6) is 0 Å². The predicted molar refractivity (Wildman–Crippen MR) is 117 cm³/mol. The number of aliphatic imine (C=N–C) groups is 1. The number of likely N-dealkylation sites (tertiary alicyclic amines) is 1. The summed E-state index contributed by atoms with van der Waals surface area (Å²) in [7, 11) is 7.69. The first-order chi connectivity index (χ1) is 12.1. The Morgan fingerprint density at radius 2 is 1.81 bits per heavy atom. The van der Waals surface area contributed by atoms with Gasteiger partial charge in [0, 0.05) is 32.7 Å². The minimum absolute atomic E-state index is 0. The molecule has 152 valence electrons. The van der Waals surface area contributed by atoms with Crippen molar-refractivity contribution < 1.29 is 9.53 Å². The summed E-state index contributed by atoms with van der Waals surface area (Å²) < 4.78 is 4.88. The van der Waals surface area contributed by atoms with Gasteiger partial charge < -0.3 is 19.9 Å². The maximum atomic E-state index is 11.7. The van der Waals surface area contributed by atoms with Crippen molar-refractivity contribution in [3.8, 4) is 0 Å². The standard InChI is InChI=1S/C19H36N4O2.HI/c1-20-19(23-12-10-16(11-13-23)18(24)25-4)21-14-17(22(2)3)15-8-6-5-7-9-15;/h15-17H,5-14H2,1-4H3,(H,20,21);1H. The van der Waals surface area contributed by atoms with Gasteiger partial charge in [0.2, 0.25) is 0 Å². The molecule has 0 aromatic carbocycles. The molecule has 0 amide bonds. The third kappa shape index (κ3) is 6.55. The Labute approximate surface area is 176 Å². The summed E-state index contributed by atoms with van der Waals surface area (Å²) in [6.45, 7) is 2.65. The van der Waals surface area contributed by atoms with Crippen LogP contribution in [-0.2, 0) is 9.53 Å². The van der Waals surface area contributed by atoms with Gasteiger partial charge in [-0.2, -0.15) is 0 Å². The molecule has 0 spiro atoms. The predicted octanol–water partition coefficient (Wildman–Crippen LogP) is 2.58. The van der Waals surface area contributed by atoms with Gasteiger partial charge in [0.15, 0.2) is 5.96 Å². The number of methoxy groups -OCH3 is 1. The van der Waals surface area contributed by atoms with E-state index in [0.29, 0.717) is 6.04 Å². The Morgan fingerprint density at radius 1 is 1.19 bits per heavy atom. The number of piperidine rings is 1. The lowest BCUT2D eigenvalue weighted by atomic mass is 9.83. The molecule has 1 heterocycles. The third-order valence-corrected chi connectivity index (χ3v) is 5.87. The second kappa shape index (κ2) is 12.0. The number of guanidine groups is 1. The molecule has 1 aliphatic heterocycles. The highest BCUT2D eigenvalue weighted by molar-refractivity contribution is 14.0. The van der Waals surface area contributed by atoms with Gasteiger partial charge in [0.1, 0.15) is 0 Å².